The van der Waals surface area contributed by atoms with Crippen LogP contribution in [0.4, 0.5) is 10.1 Å². The standard InChI is InChI=1S/C26H29FN3O4P/c1-3-5-17-8-10-20-22(14-17)35(33,34-4-2)29-25(28-20)23-24(31)19-15-18(27)9-11-21(19)30(26(23)32)13-12-16-6-7-16/h8-11,14-16,31H,3-7,12-13H2,1-2H3,(H,28,29,33). The Morgan fingerprint density at radius 2 is 2.03 bits per heavy atom. The van der Waals surface area contributed by atoms with Crippen molar-refractivity contribution >= 4 is 35.3 Å². The van der Waals surface area contributed by atoms with Crippen LogP contribution >= 0.6 is 7.52 Å². The van der Waals surface area contributed by atoms with E-state index in [2.05, 4.69) is 17.0 Å². The molecule has 1 atom stereocenters. The number of pyridine rings is 1. The van der Waals surface area contributed by atoms with Gasteiger partial charge in [-0.05, 0) is 61.6 Å². The quantitative estimate of drug-likeness (QED) is 0.411. The molecule has 9 heteroatoms. The molecule has 2 aromatic carbocycles. The van der Waals surface area contributed by atoms with E-state index in [4.69, 9.17) is 4.52 Å². The zero-order valence-corrected chi connectivity index (χ0v) is 20.8. The van der Waals surface area contributed by atoms with Crippen molar-refractivity contribution < 1.29 is 18.6 Å². The molecule has 1 aromatic heterocycles. The number of benzene rings is 2. The first kappa shape index (κ1) is 23.8. The number of nitrogens with one attached hydrogen (secondary N) is 1. The molecule has 0 amide bonds. The largest absolute Gasteiger partial charge is 0.506 e. The zero-order valence-electron chi connectivity index (χ0n) is 19.9. The van der Waals surface area contributed by atoms with E-state index in [0.29, 0.717) is 29.0 Å². The maximum atomic E-state index is 14.2. The lowest BCUT2D eigenvalue weighted by Crippen LogP contribution is -2.34. The van der Waals surface area contributed by atoms with Gasteiger partial charge in [0, 0.05) is 11.9 Å². The second-order valence-corrected chi connectivity index (χ2v) is 11.2. The molecule has 1 saturated carbocycles. The van der Waals surface area contributed by atoms with E-state index >= 15 is 0 Å². The van der Waals surface area contributed by atoms with Crippen LogP contribution in [-0.4, -0.2) is 22.1 Å². The summed E-state index contributed by atoms with van der Waals surface area (Å²) in [6, 6.07) is 9.54. The summed E-state index contributed by atoms with van der Waals surface area (Å²) in [6.45, 7) is 4.39. The number of rotatable bonds is 8. The van der Waals surface area contributed by atoms with E-state index in [1.165, 1.54) is 18.2 Å². The fraction of sp³-hybridized carbons (Fsp3) is 0.385. The van der Waals surface area contributed by atoms with Gasteiger partial charge in [0.1, 0.15) is 17.1 Å². The smallest absolute Gasteiger partial charge is 0.348 e. The highest BCUT2D eigenvalue weighted by Gasteiger charge is 2.36. The van der Waals surface area contributed by atoms with Crippen LogP contribution in [0, 0.1) is 11.7 Å². The van der Waals surface area contributed by atoms with Crippen molar-refractivity contribution in [1.82, 2.24) is 4.57 Å². The molecule has 0 spiro atoms. The number of amidine groups is 1. The van der Waals surface area contributed by atoms with Gasteiger partial charge in [-0.3, -0.25) is 9.36 Å². The molecule has 0 bridgehead atoms. The minimum atomic E-state index is -3.73. The SMILES string of the molecule is CCCc1ccc2c(c1)P(=O)(OCC)N=C(c1c(O)c3cc(F)ccc3n(CCC3CC3)c1=O)N2. The Kier molecular flexibility index (Phi) is 6.28. The molecule has 35 heavy (non-hydrogen) atoms. The van der Waals surface area contributed by atoms with Gasteiger partial charge in [-0.1, -0.05) is 32.3 Å². The van der Waals surface area contributed by atoms with Gasteiger partial charge in [-0.25, -0.2) is 4.39 Å². The molecule has 5 rings (SSSR count). The van der Waals surface area contributed by atoms with E-state index in [1.807, 2.05) is 12.1 Å². The van der Waals surface area contributed by atoms with Crippen LogP contribution in [0.15, 0.2) is 46.0 Å². The van der Waals surface area contributed by atoms with E-state index in [-0.39, 0.29) is 23.4 Å². The molecule has 1 aliphatic heterocycles. The highest BCUT2D eigenvalue weighted by atomic mass is 31.2. The third-order valence-electron chi connectivity index (χ3n) is 6.59. The summed E-state index contributed by atoms with van der Waals surface area (Å²) in [6.07, 6.45) is 4.83. The van der Waals surface area contributed by atoms with Gasteiger partial charge in [-0.15, -0.1) is 0 Å². The molecule has 1 aliphatic carbocycles. The molecule has 1 fully saturated rings. The monoisotopic (exact) mass is 497 g/mol. The molecule has 0 saturated heterocycles. The van der Waals surface area contributed by atoms with Crippen molar-refractivity contribution in [3.05, 3.63) is 63.7 Å². The lowest BCUT2D eigenvalue weighted by Gasteiger charge is -2.26. The number of halogens is 1. The van der Waals surface area contributed by atoms with Crippen molar-refractivity contribution in [2.45, 2.75) is 52.5 Å². The average molecular weight is 498 g/mol. The molecule has 2 heterocycles. The maximum Gasteiger partial charge on any atom is 0.348 e. The van der Waals surface area contributed by atoms with E-state index < -0.39 is 24.6 Å². The van der Waals surface area contributed by atoms with Crippen LogP contribution < -0.4 is 16.2 Å². The number of anilines is 1. The minimum Gasteiger partial charge on any atom is -0.506 e. The Morgan fingerprint density at radius 3 is 2.74 bits per heavy atom. The maximum absolute atomic E-state index is 14.2. The summed E-state index contributed by atoms with van der Waals surface area (Å²) < 4.78 is 39.7. The van der Waals surface area contributed by atoms with E-state index in [1.54, 1.807) is 17.6 Å². The summed E-state index contributed by atoms with van der Waals surface area (Å²) in [5, 5.41) is 14.9. The number of nitrogens with zero attached hydrogens (tertiary/aromatic N) is 2. The number of aromatic nitrogens is 1. The second kappa shape index (κ2) is 9.25. The van der Waals surface area contributed by atoms with Gasteiger partial charge in [0.05, 0.1) is 23.1 Å². The van der Waals surface area contributed by atoms with Crippen LogP contribution in [0.2, 0.25) is 0 Å². The summed E-state index contributed by atoms with van der Waals surface area (Å²) in [5.74, 6) is -0.389. The van der Waals surface area contributed by atoms with Gasteiger partial charge in [0.25, 0.3) is 5.56 Å². The Balaban J connectivity index is 1.70. The van der Waals surface area contributed by atoms with Crippen LogP contribution in [0.25, 0.3) is 10.9 Å². The Hall–Kier alpha value is -2.96. The summed E-state index contributed by atoms with van der Waals surface area (Å²) >= 11 is 0. The van der Waals surface area contributed by atoms with Crippen molar-refractivity contribution in [1.29, 1.82) is 0 Å². The zero-order chi connectivity index (χ0) is 24.7. The van der Waals surface area contributed by atoms with Gasteiger partial charge < -0.3 is 19.5 Å². The van der Waals surface area contributed by atoms with Crippen LogP contribution in [-0.2, 0) is 22.1 Å². The highest BCUT2D eigenvalue weighted by molar-refractivity contribution is 7.66. The first-order valence-corrected chi connectivity index (χ1v) is 13.7. The van der Waals surface area contributed by atoms with E-state index in [9.17, 15) is 18.9 Å². The average Bonchev–Trinajstić information content (AvgIpc) is 3.65. The third kappa shape index (κ3) is 4.41. The normalized spacial score (nSPS) is 19.3. The molecule has 3 aromatic rings. The molecular weight excluding hydrogens is 468 g/mol. The molecule has 0 radical (unpaired) electrons. The molecule has 1 unspecified atom stereocenters. The first-order chi connectivity index (χ1) is 16.8. The predicted octanol–water partition coefficient (Wildman–Crippen LogP) is 5.33. The Labute approximate surface area is 203 Å². The number of aryl methyl sites for hydroxylation is 2. The third-order valence-corrected chi connectivity index (χ3v) is 8.64. The predicted molar refractivity (Wildman–Crippen MR) is 137 cm³/mol. The topological polar surface area (TPSA) is 92.9 Å². The lowest BCUT2D eigenvalue weighted by molar-refractivity contribution is 0.341. The van der Waals surface area contributed by atoms with Crippen LogP contribution in [0.3, 0.4) is 0 Å². The molecule has 184 valence electrons. The summed E-state index contributed by atoms with van der Waals surface area (Å²) in [5.41, 5.74) is 1.37. The number of aromatic hydroxyl groups is 1. The van der Waals surface area contributed by atoms with Gasteiger partial charge in [0.2, 0.25) is 0 Å². The Morgan fingerprint density at radius 1 is 1.23 bits per heavy atom. The lowest BCUT2D eigenvalue weighted by atomic mass is 10.1. The molecule has 2 aliphatic rings. The number of hydrogen-bond donors (Lipinski definition) is 2. The number of fused-ring (bicyclic) bond motifs is 2. The van der Waals surface area contributed by atoms with Crippen molar-refractivity contribution in [2.75, 3.05) is 11.9 Å². The number of hydrogen-bond acceptors (Lipinski definition) is 5. The second-order valence-electron chi connectivity index (χ2n) is 9.19. The summed E-state index contributed by atoms with van der Waals surface area (Å²) in [4.78, 5) is 13.7. The molecule has 2 N–H and O–H groups in total. The van der Waals surface area contributed by atoms with Gasteiger partial charge in [0.15, 0.2) is 5.84 Å². The summed E-state index contributed by atoms with van der Waals surface area (Å²) in [7, 11) is -3.73. The molecule has 7 nitrogen and oxygen atoms in total. The fourth-order valence-corrected chi connectivity index (χ4v) is 6.48. The highest BCUT2D eigenvalue weighted by Crippen LogP contribution is 2.52. The van der Waals surface area contributed by atoms with Gasteiger partial charge >= 0.3 is 7.52 Å². The minimum absolute atomic E-state index is 0.0358. The van der Waals surface area contributed by atoms with Crippen LogP contribution in [0.5, 0.6) is 5.75 Å². The first-order valence-electron chi connectivity index (χ1n) is 12.1. The van der Waals surface area contributed by atoms with Gasteiger partial charge in [-0.2, -0.15) is 4.76 Å². The fourth-order valence-electron chi connectivity index (χ4n) is 4.65. The van der Waals surface area contributed by atoms with Crippen molar-refractivity contribution in [3.63, 3.8) is 0 Å². The van der Waals surface area contributed by atoms with Crippen molar-refractivity contribution in [3.8, 4) is 5.75 Å². The Bertz CT molecular complexity index is 1440. The van der Waals surface area contributed by atoms with Crippen LogP contribution in [0.1, 0.15) is 50.7 Å². The van der Waals surface area contributed by atoms with Crippen molar-refractivity contribution in [2.24, 2.45) is 10.7 Å². The van der Waals surface area contributed by atoms with E-state index in [0.717, 1.165) is 37.7 Å². The molecular formula is C26H29FN3O4P.